The first kappa shape index (κ1) is 19.8. The van der Waals surface area contributed by atoms with Crippen LogP contribution < -0.4 is 10.6 Å². The Bertz CT molecular complexity index is 868. The lowest BCUT2D eigenvalue weighted by molar-refractivity contribution is -0.123. The maximum absolute atomic E-state index is 12.7. The third-order valence-corrected chi connectivity index (χ3v) is 9.26. The minimum absolute atomic E-state index is 0.0668. The van der Waals surface area contributed by atoms with E-state index in [1.54, 1.807) is 18.5 Å². The average molecular weight is 408 g/mol. The molecule has 0 aromatic carbocycles. The molecule has 30 heavy (non-hydrogen) atoms. The van der Waals surface area contributed by atoms with Crippen molar-refractivity contribution in [1.29, 1.82) is 0 Å². The van der Waals surface area contributed by atoms with E-state index < -0.39 is 0 Å². The van der Waals surface area contributed by atoms with Crippen LogP contribution in [0.5, 0.6) is 0 Å². The standard InChI is InChI=1S/C25H33N3O2/c1-24-11-9-20-18(6-8-21-25(20,2)12-10-22(29)28-21)19(24)7-5-16(24)14-23(30)27-17-4-3-13-26-15-17/h3-4,10,12-13,15-16,18-21H,5-9,11,14H2,1-2H3,(H,27,30)(H,28,29)/t16-,18+,19+,20+,21-,24-,25-/m1/s1. The number of fused-ring (bicyclic) bond motifs is 5. The van der Waals surface area contributed by atoms with Crippen LogP contribution in [-0.2, 0) is 9.59 Å². The molecule has 3 saturated carbocycles. The molecular formula is C25H33N3O2. The van der Waals surface area contributed by atoms with E-state index in [2.05, 4.69) is 35.5 Å². The number of carbonyl (C=O) groups excluding carboxylic acids is 2. The summed E-state index contributed by atoms with van der Waals surface area (Å²) in [5, 5.41) is 6.27. The summed E-state index contributed by atoms with van der Waals surface area (Å²) >= 11 is 0. The van der Waals surface area contributed by atoms with Gasteiger partial charge in [0.1, 0.15) is 0 Å². The summed E-state index contributed by atoms with van der Waals surface area (Å²) < 4.78 is 0. The van der Waals surface area contributed by atoms with E-state index in [1.807, 2.05) is 12.1 Å². The summed E-state index contributed by atoms with van der Waals surface area (Å²) in [5.74, 6) is 2.66. The Morgan fingerprint density at radius 2 is 2.07 bits per heavy atom. The van der Waals surface area contributed by atoms with Crippen molar-refractivity contribution < 1.29 is 9.59 Å². The van der Waals surface area contributed by atoms with Crippen molar-refractivity contribution in [3.63, 3.8) is 0 Å². The molecule has 0 spiro atoms. The van der Waals surface area contributed by atoms with Crippen LogP contribution in [0.3, 0.4) is 0 Å². The van der Waals surface area contributed by atoms with Crippen molar-refractivity contribution in [1.82, 2.24) is 10.3 Å². The van der Waals surface area contributed by atoms with Gasteiger partial charge in [-0.15, -0.1) is 0 Å². The van der Waals surface area contributed by atoms with Gasteiger partial charge in [-0.1, -0.05) is 19.9 Å². The number of anilines is 1. The first-order chi connectivity index (χ1) is 14.4. The number of nitrogens with zero attached hydrogens (tertiary/aromatic N) is 1. The second-order valence-electron chi connectivity index (χ2n) is 10.5. The molecule has 5 heteroatoms. The fourth-order valence-corrected chi connectivity index (χ4v) is 7.65. The predicted octanol–water partition coefficient (Wildman–Crippen LogP) is 4.32. The molecule has 3 fully saturated rings. The zero-order valence-electron chi connectivity index (χ0n) is 18.1. The van der Waals surface area contributed by atoms with E-state index in [0.717, 1.165) is 18.5 Å². The zero-order valence-corrected chi connectivity index (χ0v) is 18.1. The highest BCUT2D eigenvalue weighted by Gasteiger charge is 2.59. The highest BCUT2D eigenvalue weighted by molar-refractivity contribution is 5.90. The molecule has 0 bridgehead atoms. The first-order valence-electron chi connectivity index (χ1n) is 11.6. The Kier molecular flexibility index (Phi) is 4.75. The summed E-state index contributed by atoms with van der Waals surface area (Å²) in [4.78, 5) is 28.7. The molecule has 1 aliphatic heterocycles. The van der Waals surface area contributed by atoms with Gasteiger partial charge >= 0.3 is 0 Å². The number of nitrogens with one attached hydrogen (secondary N) is 2. The van der Waals surface area contributed by atoms with Gasteiger partial charge in [-0.2, -0.15) is 0 Å². The number of hydrogen-bond acceptors (Lipinski definition) is 3. The lowest BCUT2D eigenvalue weighted by Crippen LogP contribution is -2.59. The third-order valence-electron chi connectivity index (χ3n) is 9.26. The van der Waals surface area contributed by atoms with E-state index >= 15 is 0 Å². The van der Waals surface area contributed by atoms with Crippen LogP contribution in [0.1, 0.15) is 58.8 Å². The predicted molar refractivity (Wildman–Crippen MR) is 116 cm³/mol. The Morgan fingerprint density at radius 3 is 2.87 bits per heavy atom. The number of amides is 2. The van der Waals surface area contributed by atoms with Gasteiger partial charge in [-0.3, -0.25) is 14.6 Å². The Labute approximate surface area is 179 Å². The van der Waals surface area contributed by atoms with E-state index in [0.29, 0.717) is 30.1 Å². The second-order valence-corrected chi connectivity index (χ2v) is 10.5. The molecule has 1 aromatic rings. The third kappa shape index (κ3) is 3.09. The molecule has 2 heterocycles. The summed E-state index contributed by atoms with van der Waals surface area (Å²) in [5.41, 5.74) is 1.11. The van der Waals surface area contributed by atoms with Gasteiger partial charge in [0.15, 0.2) is 0 Å². The Hall–Kier alpha value is -2.17. The van der Waals surface area contributed by atoms with E-state index in [1.165, 1.54) is 25.7 Å². The Morgan fingerprint density at radius 1 is 1.20 bits per heavy atom. The van der Waals surface area contributed by atoms with Crippen molar-refractivity contribution in [3.05, 3.63) is 36.7 Å². The van der Waals surface area contributed by atoms with Crippen molar-refractivity contribution in [2.45, 2.75) is 64.8 Å². The molecule has 0 saturated heterocycles. The molecule has 1 aromatic heterocycles. The summed E-state index contributed by atoms with van der Waals surface area (Å²) in [6.07, 6.45) is 15.1. The molecule has 0 unspecified atom stereocenters. The average Bonchev–Trinajstić information content (AvgIpc) is 3.05. The Balaban J connectivity index is 1.31. The number of pyridine rings is 1. The molecule has 0 radical (unpaired) electrons. The molecule has 5 rings (SSSR count). The van der Waals surface area contributed by atoms with Crippen LogP contribution in [0.25, 0.3) is 0 Å². The molecule has 2 amide bonds. The van der Waals surface area contributed by atoms with Gasteiger partial charge in [0, 0.05) is 24.1 Å². The zero-order chi connectivity index (χ0) is 20.9. The lowest BCUT2D eigenvalue weighted by atomic mass is 9.48. The van der Waals surface area contributed by atoms with E-state index in [-0.39, 0.29) is 28.7 Å². The van der Waals surface area contributed by atoms with E-state index in [4.69, 9.17) is 0 Å². The van der Waals surface area contributed by atoms with Crippen LogP contribution >= 0.6 is 0 Å². The minimum atomic E-state index is 0.0668. The van der Waals surface area contributed by atoms with Gasteiger partial charge in [0.2, 0.25) is 11.8 Å². The minimum Gasteiger partial charge on any atom is -0.349 e. The number of carbonyl (C=O) groups is 2. The maximum Gasteiger partial charge on any atom is 0.243 e. The maximum atomic E-state index is 12.7. The van der Waals surface area contributed by atoms with Crippen LogP contribution in [0.4, 0.5) is 5.69 Å². The summed E-state index contributed by atoms with van der Waals surface area (Å²) in [6.45, 7) is 4.82. The molecular weight excluding hydrogens is 374 g/mol. The van der Waals surface area contributed by atoms with Gasteiger partial charge in [0.25, 0.3) is 0 Å². The molecule has 3 aliphatic carbocycles. The number of rotatable bonds is 3. The van der Waals surface area contributed by atoms with E-state index in [9.17, 15) is 9.59 Å². The SMILES string of the molecule is C[C@]12C=CC(=O)N[C@@H]1CC[C@@H]1[C@@H]2CC[C@]2(C)[C@@H](CC(=O)Nc3cccnc3)CC[C@@H]12. The van der Waals surface area contributed by atoms with Gasteiger partial charge in [-0.25, -0.2) is 0 Å². The van der Waals surface area contributed by atoms with Crippen LogP contribution in [0.2, 0.25) is 0 Å². The summed E-state index contributed by atoms with van der Waals surface area (Å²) in [7, 11) is 0. The van der Waals surface area contributed by atoms with Crippen molar-refractivity contribution in [2.24, 2.45) is 34.5 Å². The first-order valence-corrected chi connectivity index (χ1v) is 11.6. The second kappa shape index (κ2) is 7.21. The van der Waals surface area contributed by atoms with Gasteiger partial charge < -0.3 is 10.6 Å². The summed E-state index contributed by atoms with van der Waals surface area (Å²) in [6, 6.07) is 4.02. The molecule has 2 N–H and O–H groups in total. The largest absolute Gasteiger partial charge is 0.349 e. The quantitative estimate of drug-likeness (QED) is 0.784. The van der Waals surface area contributed by atoms with Gasteiger partial charge in [-0.05, 0) is 85.8 Å². The molecule has 160 valence electrons. The smallest absolute Gasteiger partial charge is 0.243 e. The monoisotopic (exact) mass is 407 g/mol. The fourth-order valence-electron chi connectivity index (χ4n) is 7.65. The van der Waals surface area contributed by atoms with Crippen molar-refractivity contribution in [2.75, 3.05) is 5.32 Å². The van der Waals surface area contributed by atoms with Gasteiger partial charge in [0.05, 0.1) is 11.9 Å². The molecule has 7 atom stereocenters. The molecule has 4 aliphatic rings. The van der Waals surface area contributed by atoms with Crippen LogP contribution in [-0.4, -0.2) is 22.8 Å². The normalized spacial score (nSPS) is 41.9. The van der Waals surface area contributed by atoms with Crippen molar-refractivity contribution in [3.8, 4) is 0 Å². The van der Waals surface area contributed by atoms with Crippen LogP contribution in [0, 0.1) is 34.5 Å². The lowest BCUT2D eigenvalue weighted by Gasteiger charge is -2.59. The topological polar surface area (TPSA) is 71.1 Å². The fraction of sp³-hybridized carbons (Fsp3) is 0.640. The molecule has 5 nitrogen and oxygen atoms in total. The number of hydrogen-bond donors (Lipinski definition) is 2. The van der Waals surface area contributed by atoms with Crippen molar-refractivity contribution >= 4 is 17.5 Å². The number of aromatic nitrogens is 1. The van der Waals surface area contributed by atoms with Crippen LogP contribution in [0.15, 0.2) is 36.7 Å². The highest BCUT2D eigenvalue weighted by Crippen LogP contribution is 2.65. The highest BCUT2D eigenvalue weighted by atomic mass is 16.2.